The van der Waals surface area contributed by atoms with Crippen molar-refractivity contribution in [2.75, 3.05) is 25.5 Å². The van der Waals surface area contributed by atoms with E-state index in [2.05, 4.69) is 27.9 Å². The number of hydrogen-bond acceptors (Lipinski definition) is 3. The molecule has 0 bridgehead atoms. The van der Waals surface area contributed by atoms with Gasteiger partial charge >= 0.3 is 0 Å². The summed E-state index contributed by atoms with van der Waals surface area (Å²) >= 11 is 2.12. The molecule has 2 aromatic carbocycles. The third-order valence-corrected chi connectivity index (χ3v) is 4.56. The fourth-order valence-electron chi connectivity index (χ4n) is 2.34. The third kappa shape index (κ3) is 3.31. The van der Waals surface area contributed by atoms with E-state index in [4.69, 9.17) is 4.74 Å². The molecular weight excluding hydrogens is 407 g/mol. The van der Waals surface area contributed by atoms with Gasteiger partial charge in [0.1, 0.15) is 12.4 Å². The van der Waals surface area contributed by atoms with Gasteiger partial charge < -0.3 is 15.0 Å². The van der Waals surface area contributed by atoms with E-state index >= 15 is 0 Å². The second-order valence-corrected chi connectivity index (χ2v) is 6.38. The molecule has 23 heavy (non-hydrogen) atoms. The molecule has 0 unspecified atom stereocenters. The van der Waals surface area contributed by atoms with E-state index in [9.17, 15) is 9.59 Å². The normalized spacial score (nSPS) is 13.8. The molecule has 1 heterocycles. The van der Waals surface area contributed by atoms with Crippen molar-refractivity contribution in [3.63, 3.8) is 0 Å². The molecular formula is C17H15IN2O3. The van der Waals surface area contributed by atoms with Crippen molar-refractivity contribution >= 4 is 40.1 Å². The van der Waals surface area contributed by atoms with Crippen LogP contribution in [0.25, 0.3) is 0 Å². The smallest absolute Gasteiger partial charge is 0.257 e. The summed E-state index contributed by atoms with van der Waals surface area (Å²) in [6.45, 7) is 1.00. The largest absolute Gasteiger partial charge is 0.491 e. The third-order valence-electron chi connectivity index (χ3n) is 3.62. The Kier molecular flexibility index (Phi) is 4.51. The maximum Gasteiger partial charge on any atom is 0.257 e. The number of nitrogens with one attached hydrogen (secondary N) is 1. The molecule has 118 valence electrons. The van der Waals surface area contributed by atoms with Crippen molar-refractivity contribution < 1.29 is 14.3 Å². The molecule has 0 fully saturated rings. The van der Waals surface area contributed by atoms with Gasteiger partial charge in [-0.05, 0) is 52.9 Å². The fourth-order valence-corrected chi connectivity index (χ4v) is 2.98. The monoisotopic (exact) mass is 422 g/mol. The molecule has 1 N–H and O–H groups in total. The van der Waals surface area contributed by atoms with Gasteiger partial charge in [0.15, 0.2) is 0 Å². The number of halogens is 1. The number of fused-ring (bicyclic) bond motifs is 1. The Balaban J connectivity index is 1.88. The summed E-state index contributed by atoms with van der Waals surface area (Å²) in [5, 5.41) is 2.83. The van der Waals surface area contributed by atoms with Crippen molar-refractivity contribution in [2.45, 2.75) is 0 Å². The number of rotatable bonds is 2. The van der Waals surface area contributed by atoms with E-state index in [0.717, 1.165) is 3.57 Å². The van der Waals surface area contributed by atoms with Crippen LogP contribution in [0.5, 0.6) is 5.75 Å². The topological polar surface area (TPSA) is 58.6 Å². The number of amides is 2. The van der Waals surface area contributed by atoms with Gasteiger partial charge in [-0.25, -0.2) is 0 Å². The first-order chi connectivity index (χ1) is 11.1. The quantitative estimate of drug-likeness (QED) is 0.758. The van der Waals surface area contributed by atoms with Crippen molar-refractivity contribution in [1.29, 1.82) is 0 Å². The summed E-state index contributed by atoms with van der Waals surface area (Å²) < 4.78 is 6.45. The van der Waals surface area contributed by atoms with Crippen molar-refractivity contribution in [2.24, 2.45) is 0 Å². The highest BCUT2D eigenvalue weighted by Gasteiger charge is 2.21. The number of hydrogen-bond donors (Lipinski definition) is 1. The highest BCUT2D eigenvalue weighted by Crippen LogP contribution is 2.26. The molecule has 0 saturated heterocycles. The average molecular weight is 422 g/mol. The predicted molar refractivity (Wildman–Crippen MR) is 96.0 cm³/mol. The highest BCUT2D eigenvalue weighted by molar-refractivity contribution is 14.1. The molecule has 2 aromatic rings. The molecule has 1 aliphatic heterocycles. The molecule has 6 heteroatoms. The minimum atomic E-state index is -0.203. The minimum absolute atomic E-state index is 0.108. The molecule has 0 spiro atoms. The maximum atomic E-state index is 12.4. The lowest BCUT2D eigenvalue weighted by molar-refractivity contribution is 0.0796. The molecule has 1 aliphatic rings. The van der Waals surface area contributed by atoms with Gasteiger partial charge in [-0.15, -0.1) is 0 Å². The van der Waals surface area contributed by atoms with Crippen LogP contribution in [-0.2, 0) is 0 Å². The van der Waals surface area contributed by atoms with E-state index in [-0.39, 0.29) is 11.8 Å². The van der Waals surface area contributed by atoms with Gasteiger partial charge in [-0.2, -0.15) is 0 Å². The van der Waals surface area contributed by atoms with Crippen LogP contribution in [0.15, 0.2) is 42.5 Å². The number of likely N-dealkylation sites (N-methyl/N-ethyl adjacent to an activating group) is 1. The Labute approximate surface area is 147 Å². The van der Waals surface area contributed by atoms with Gasteiger partial charge in [0.2, 0.25) is 0 Å². The predicted octanol–water partition coefficient (Wildman–Crippen LogP) is 3.01. The zero-order valence-corrected chi connectivity index (χ0v) is 14.7. The molecule has 5 nitrogen and oxygen atoms in total. The van der Waals surface area contributed by atoms with Gasteiger partial charge in [-0.1, -0.05) is 12.1 Å². The summed E-state index contributed by atoms with van der Waals surface area (Å²) in [5.74, 6) is 0.236. The van der Waals surface area contributed by atoms with Crippen LogP contribution in [0.4, 0.5) is 5.69 Å². The van der Waals surface area contributed by atoms with Crippen LogP contribution in [0.3, 0.4) is 0 Å². The standard InChI is InChI=1S/C17H15IN2O3/c1-20-8-9-23-15-7-6-11(10-13(15)17(20)22)19-16(21)12-4-2-3-5-14(12)18/h2-7,10H,8-9H2,1H3,(H,19,21). The average Bonchev–Trinajstić information content (AvgIpc) is 2.68. The van der Waals surface area contributed by atoms with Crippen molar-refractivity contribution in [1.82, 2.24) is 4.90 Å². The second kappa shape index (κ2) is 6.57. The number of anilines is 1. The molecule has 3 rings (SSSR count). The first-order valence-electron chi connectivity index (χ1n) is 7.14. The number of benzene rings is 2. The maximum absolute atomic E-state index is 12.4. The number of ether oxygens (including phenoxy) is 1. The molecule has 0 saturated carbocycles. The van der Waals surface area contributed by atoms with Crippen LogP contribution >= 0.6 is 22.6 Å². The van der Waals surface area contributed by atoms with Crippen LogP contribution in [0.1, 0.15) is 20.7 Å². The van der Waals surface area contributed by atoms with Crippen molar-refractivity contribution in [3.8, 4) is 5.75 Å². The Bertz CT molecular complexity index is 776. The van der Waals surface area contributed by atoms with Crippen LogP contribution in [0.2, 0.25) is 0 Å². The van der Waals surface area contributed by atoms with Gasteiger partial charge in [-0.3, -0.25) is 9.59 Å². The van der Waals surface area contributed by atoms with E-state index in [0.29, 0.717) is 35.7 Å². The number of nitrogens with zero attached hydrogens (tertiary/aromatic N) is 1. The summed E-state index contributed by atoms with van der Waals surface area (Å²) in [6.07, 6.45) is 0. The molecule has 0 atom stereocenters. The van der Waals surface area contributed by atoms with E-state index < -0.39 is 0 Å². The first-order valence-corrected chi connectivity index (χ1v) is 8.22. The van der Waals surface area contributed by atoms with Crippen molar-refractivity contribution in [3.05, 3.63) is 57.2 Å². The summed E-state index contributed by atoms with van der Waals surface area (Å²) in [7, 11) is 1.73. The molecule has 0 aromatic heterocycles. The summed E-state index contributed by atoms with van der Waals surface area (Å²) in [4.78, 5) is 26.3. The van der Waals surface area contributed by atoms with E-state index in [1.54, 1.807) is 36.2 Å². The first kappa shape index (κ1) is 15.8. The molecule has 0 radical (unpaired) electrons. The van der Waals surface area contributed by atoms with E-state index in [1.807, 2.05) is 18.2 Å². The Morgan fingerprint density at radius 3 is 2.83 bits per heavy atom. The molecule has 2 amide bonds. The number of carbonyl (C=O) groups excluding carboxylic acids is 2. The lowest BCUT2D eigenvalue weighted by Gasteiger charge is -2.13. The van der Waals surface area contributed by atoms with Crippen LogP contribution in [0, 0.1) is 3.57 Å². The second-order valence-electron chi connectivity index (χ2n) is 5.22. The van der Waals surface area contributed by atoms with Crippen LogP contribution in [-0.4, -0.2) is 36.9 Å². The Hall–Kier alpha value is -2.09. The van der Waals surface area contributed by atoms with Gasteiger partial charge in [0, 0.05) is 16.3 Å². The number of carbonyl (C=O) groups is 2. The lowest BCUT2D eigenvalue weighted by Crippen LogP contribution is -2.27. The van der Waals surface area contributed by atoms with Crippen LogP contribution < -0.4 is 10.1 Å². The summed E-state index contributed by atoms with van der Waals surface area (Å²) in [6, 6.07) is 12.5. The molecule has 0 aliphatic carbocycles. The summed E-state index contributed by atoms with van der Waals surface area (Å²) in [5.41, 5.74) is 1.63. The fraction of sp³-hybridized carbons (Fsp3) is 0.176. The van der Waals surface area contributed by atoms with E-state index in [1.165, 1.54) is 0 Å². The van der Waals surface area contributed by atoms with Gasteiger partial charge in [0.25, 0.3) is 11.8 Å². The SMILES string of the molecule is CN1CCOc2ccc(NC(=O)c3ccccc3I)cc2C1=O. The zero-order valence-electron chi connectivity index (χ0n) is 12.5. The van der Waals surface area contributed by atoms with Gasteiger partial charge in [0.05, 0.1) is 17.7 Å². The Morgan fingerprint density at radius 1 is 1.26 bits per heavy atom. The Morgan fingerprint density at radius 2 is 2.04 bits per heavy atom. The minimum Gasteiger partial charge on any atom is -0.491 e. The zero-order chi connectivity index (χ0) is 16.4. The lowest BCUT2D eigenvalue weighted by atomic mass is 10.1. The highest BCUT2D eigenvalue weighted by atomic mass is 127.